The van der Waals surface area contributed by atoms with Crippen molar-refractivity contribution in [2.75, 3.05) is 6.54 Å². The molecule has 0 aliphatic carbocycles. The summed E-state index contributed by atoms with van der Waals surface area (Å²) < 4.78 is 12.9. The molecule has 0 atom stereocenters. The molecule has 0 spiro atoms. The molecule has 0 radical (unpaired) electrons. The summed E-state index contributed by atoms with van der Waals surface area (Å²) in [4.78, 5) is 4.54. The van der Waals surface area contributed by atoms with Gasteiger partial charge in [0.25, 0.3) is 0 Å². The highest BCUT2D eigenvalue weighted by Gasteiger charge is 1.99. The Bertz CT molecular complexity index is 564. The van der Waals surface area contributed by atoms with Gasteiger partial charge in [-0.2, -0.15) is 0 Å². The van der Waals surface area contributed by atoms with Gasteiger partial charge in [-0.15, -0.1) is 0 Å². The number of rotatable bonds is 5. The summed E-state index contributed by atoms with van der Waals surface area (Å²) in [5.74, 6) is 0.536. The molecule has 2 N–H and O–H groups in total. The van der Waals surface area contributed by atoms with Crippen molar-refractivity contribution in [3.05, 3.63) is 71.5 Å². The predicted octanol–water partition coefficient (Wildman–Crippen LogP) is 3.08. The Kier molecular flexibility index (Phi) is 5.76. The number of aliphatic imine (C=N–C) groups is 1. The Hall–Kier alpha value is -2.36. The Morgan fingerprint density at radius 2 is 1.67 bits per heavy atom. The van der Waals surface area contributed by atoms with Gasteiger partial charge in [-0.25, -0.2) is 9.38 Å². The zero-order chi connectivity index (χ0) is 14.9. The summed E-state index contributed by atoms with van der Waals surface area (Å²) in [7, 11) is 0. The first-order chi connectivity index (χ1) is 10.3. The van der Waals surface area contributed by atoms with Gasteiger partial charge in [0.05, 0.1) is 6.54 Å². The second kappa shape index (κ2) is 8.04. The Balaban J connectivity index is 1.93. The van der Waals surface area contributed by atoms with Gasteiger partial charge in [-0.1, -0.05) is 42.5 Å². The molecule has 0 unspecified atom stereocenters. The molecule has 0 fully saturated rings. The Labute approximate surface area is 124 Å². The van der Waals surface area contributed by atoms with Crippen LogP contribution in [0, 0.1) is 5.82 Å². The van der Waals surface area contributed by atoms with Gasteiger partial charge >= 0.3 is 0 Å². The lowest BCUT2D eigenvalue weighted by molar-refractivity contribution is 0.626. The van der Waals surface area contributed by atoms with Crippen LogP contribution in [-0.2, 0) is 13.1 Å². The van der Waals surface area contributed by atoms with Crippen LogP contribution in [0.1, 0.15) is 18.1 Å². The van der Waals surface area contributed by atoms with Crippen molar-refractivity contribution in [1.82, 2.24) is 10.6 Å². The fourth-order valence-corrected chi connectivity index (χ4v) is 1.88. The molecule has 0 aliphatic rings. The number of benzene rings is 2. The van der Waals surface area contributed by atoms with Gasteiger partial charge in [0.15, 0.2) is 5.96 Å². The topological polar surface area (TPSA) is 36.4 Å². The van der Waals surface area contributed by atoms with E-state index in [0.29, 0.717) is 13.1 Å². The van der Waals surface area contributed by atoms with E-state index in [-0.39, 0.29) is 5.82 Å². The van der Waals surface area contributed by atoms with Gasteiger partial charge in [0.2, 0.25) is 0 Å². The lowest BCUT2D eigenvalue weighted by atomic mass is 10.2. The zero-order valence-electron chi connectivity index (χ0n) is 12.1. The van der Waals surface area contributed by atoms with Crippen molar-refractivity contribution in [2.24, 2.45) is 4.99 Å². The highest BCUT2D eigenvalue weighted by molar-refractivity contribution is 5.79. The van der Waals surface area contributed by atoms with Crippen LogP contribution >= 0.6 is 0 Å². The third-order valence-electron chi connectivity index (χ3n) is 2.98. The maximum Gasteiger partial charge on any atom is 0.191 e. The molecule has 0 saturated carbocycles. The van der Waals surface area contributed by atoms with Crippen LogP contribution in [0.15, 0.2) is 59.6 Å². The number of hydrogen-bond donors (Lipinski definition) is 2. The minimum Gasteiger partial charge on any atom is -0.357 e. The second-order valence-electron chi connectivity index (χ2n) is 4.66. The van der Waals surface area contributed by atoms with Crippen LogP contribution in [0.5, 0.6) is 0 Å². The molecule has 2 rings (SSSR count). The van der Waals surface area contributed by atoms with E-state index in [9.17, 15) is 4.39 Å². The number of nitrogens with one attached hydrogen (secondary N) is 2. The van der Waals surface area contributed by atoms with Crippen molar-refractivity contribution >= 4 is 5.96 Å². The summed E-state index contributed by atoms with van der Waals surface area (Å²) in [5.41, 5.74) is 2.18. The molecular weight excluding hydrogens is 265 g/mol. The number of nitrogens with zero attached hydrogens (tertiary/aromatic N) is 1. The molecule has 0 amide bonds. The zero-order valence-corrected chi connectivity index (χ0v) is 12.1. The van der Waals surface area contributed by atoms with Crippen molar-refractivity contribution < 1.29 is 4.39 Å². The van der Waals surface area contributed by atoms with Crippen molar-refractivity contribution in [3.63, 3.8) is 0 Å². The van der Waals surface area contributed by atoms with Gasteiger partial charge in [-0.3, -0.25) is 0 Å². The molecule has 21 heavy (non-hydrogen) atoms. The SMILES string of the molecule is CCNC(=NCc1ccccc1)NCc1ccc(F)cc1. The van der Waals surface area contributed by atoms with Crippen LogP contribution < -0.4 is 10.6 Å². The van der Waals surface area contributed by atoms with Crippen LogP contribution in [0.25, 0.3) is 0 Å². The van der Waals surface area contributed by atoms with Crippen LogP contribution in [0.2, 0.25) is 0 Å². The highest BCUT2D eigenvalue weighted by atomic mass is 19.1. The predicted molar refractivity (Wildman–Crippen MR) is 84.5 cm³/mol. The standard InChI is InChI=1S/C17H20FN3/c1-2-19-17(20-12-14-6-4-3-5-7-14)21-13-15-8-10-16(18)11-9-15/h3-11H,2,12-13H2,1H3,(H2,19,20,21). The molecule has 0 bridgehead atoms. The van der Waals surface area contributed by atoms with Gasteiger partial charge in [0, 0.05) is 13.1 Å². The molecule has 110 valence electrons. The second-order valence-corrected chi connectivity index (χ2v) is 4.66. The fraction of sp³-hybridized carbons (Fsp3) is 0.235. The molecule has 0 saturated heterocycles. The lowest BCUT2D eigenvalue weighted by Gasteiger charge is -2.11. The summed E-state index contributed by atoms with van der Waals surface area (Å²) >= 11 is 0. The first-order valence-corrected chi connectivity index (χ1v) is 7.08. The quantitative estimate of drug-likeness (QED) is 0.654. The first kappa shape index (κ1) is 15.0. The van der Waals surface area contributed by atoms with E-state index in [4.69, 9.17) is 0 Å². The van der Waals surface area contributed by atoms with E-state index in [1.165, 1.54) is 12.1 Å². The molecular formula is C17H20FN3. The minimum absolute atomic E-state index is 0.219. The largest absolute Gasteiger partial charge is 0.357 e. The number of hydrogen-bond acceptors (Lipinski definition) is 1. The normalized spacial score (nSPS) is 11.2. The van der Waals surface area contributed by atoms with Crippen LogP contribution in [-0.4, -0.2) is 12.5 Å². The Morgan fingerprint density at radius 3 is 2.33 bits per heavy atom. The summed E-state index contributed by atoms with van der Waals surface area (Å²) in [6.45, 7) is 4.06. The Morgan fingerprint density at radius 1 is 0.952 bits per heavy atom. The molecule has 4 heteroatoms. The fourth-order valence-electron chi connectivity index (χ4n) is 1.88. The van der Waals surface area contributed by atoms with E-state index in [1.807, 2.05) is 37.3 Å². The lowest BCUT2D eigenvalue weighted by Crippen LogP contribution is -2.36. The monoisotopic (exact) mass is 285 g/mol. The molecule has 3 nitrogen and oxygen atoms in total. The smallest absolute Gasteiger partial charge is 0.191 e. The summed E-state index contributed by atoms with van der Waals surface area (Å²) in [6.07, 6.45) is 0. The number of guanidine groups is 1. The molecule has 0 aromatic heterocycles. The van der Waals surface area contributed by atoms with Crippen molar-refractivity contribution in [1.29, 1.82) is 0 Å². The number of halogens is 1. The average Bonchev–Trinajstić information content (AvgIpc) is 2.52. The van der Waals surface area contributed by atoms with E-state index in [2.05, 4.69) is 15.6 Å². The van der Waals surface area contributed by atoms with Gasteiger partial charge < -0.3 is 10.6 Å². The van der Waals surface area contributed by atoms with Gasteiger partial charge in [0.1, 0.15) is 5.82 Å². The van der Waals surface area contributed by atoms with Gasteiger partial charge in [-0.05, 0) is 30.2 Å². The summed E-state index contributed by atoms with van der Waals surface area (Å²) in [6, 6.07) is 16.6. The molecule has 2 aromatic carbocycles. The third-order valence-corrected chi connectivity index (χ3v) is 2.98. The van der Waals surface area contributed by atoms with E-state index >= 15 is 0 Å². The van der Waals surface area contributed by atoms with E-state index in [1.54, 1.807) is 12.1 Å². The third kappa shape index (κ3) is 5.26. The molecule has 0 heterocycles. The van der Waals surface area contributed by atoms with E-state index < -0.39 is 0 Å². The molecule has 2 aromatic rings. The summed E-state index contributed by atoms with van der Waals surface area (Å²) in [5, 5.41) is 6.44. The van der Waals surface area contributed by atoms with Crippen molar-refractivity contribution in [2.45, 2.75) is 20.0 Å². The van der Waals surface area contributed by atoms with E-state index in [0.717, 1.165) is 23.6 Å². The van der Waals surface area contributed by atoms with Crippen molar-refractivity contribution in [3.8, 4) is 0 Å². The van der Waals surface area contributed by atoms with Crippen LogP contribution in [0.4, 0.5) is 4.39 Å². The maximum absolute atomic E-state index is 12.9. The molecule has 0 aliphatic heterocycles. The minimum atomic E-state index is -0.219. The first-order valence-electron chi connectivity index (χ1n) is 7.08. The average molecular weight is 285 g/mol. The highest BCUT2D eigenvalue weighted by Crippen LogP contribution is 2.03. The van der Waals surface area contributed by atoms with Crippen LogP contribution in [0.3, 0.4) is 0 Å². The maximum atomic E-state index is 12.9.